The zero-order valence-corrected chi connectivity index (χ0v) is 12.9. The van der Waals surface area contributed by atoms with E-state index in [4.69, 9.17) is 9.31 Å². The van der Waals surface area contributed by atoms with Crippen LogP contribution in [0.25, 0.3) is 6.08 Å². The molecule has 0 aromatic carbocycles. The number of hydrogen-bond donors (Lipinski definition) is 0. The van der Waals surface area contributed by atoms with Crippen molar-refractivity contribution in [1.29, 1.82) is 0 Å². The van der Waals surface area contributed by atoms with Gasteiger partial charge in [-0.05, 0) is 41.5 Å². The predicted molar refractivity (Wildman–Crippen MR) is 77.8 cm³/mol. The smallest absolute Gasteiger partial charge is 0.400 e. The Morgan fingerprint density at radius 1 is 1.11 bits per heavy atom. The van der Waals surface area contributed by atoms with Crippen LogP contribution in [0, 0.1) is 13.8 Å². The van der Waals surface area contributed by atoms with Crippen molar-refractivity contribution in [2.45, 2.75) is 52.7 Å². The summed E-state index contributed by atoms with van der Waals surface area (Å²) in [7, 11) is 1.65. The molecular weight excluding hydrogens is 239 g/mol. The molecule has 1 aromatic rings. The predicted octanol–water partition coefficient (Wildman–Crippen LogP) is 2.68. The quantitative estimate of drug-likeness (QED) is 0.769. The molecule has 0 bridgehead atoms. The fraction of sp³-hybridized carbons (Fsp3) is 0.643. The van der Waals surface area contributed by atoms with Crippen LogP contribution in [0.15, 0.2) is 5.98 Å². The Morgan fingerprint density at radius 3 is 2.05 bits per heavy atom. The average molecular weight is 262 g/mol. The van der Waals surface area contributed by atoms with Crippen molar-refractivity contribution >= 4 is 13.2 Å². The summed E-state index contributed by atoms with van der Waals surface area (Å²) in [5, 5.41) is 4.40. The average Bonchev–Trinajstić information content (AvgIpc) is 2.60. The molecule has 0 aliphatic carbocycles. The molecule has 0 N–H and O–H groups in total. The molecule has 0 saturated carbocycles. The lowest BCUT2D eigenvalue weighted by Crippen LogP contribution is -2.41. The maximum absolute atomic E-state index is 5.94. The summed E-state index contributed by atoms with van der Waals surface area (Å²) in [5.74, 6) is 1.97. The summed E-state index contributed by atoms with van der Waals surface area (Å²) in [6.45, 7) is 12.3. The van der Waals surface area contributed by atoms with Gasteiger partial charge < -0.3 is 9.31 Å². The SMILES string of the molecule is Cc1nn(C)c(C)c1/C=C/B1OC(C)(C)C(C)(C)O1. The molecule has 1 aromatic heterocycles. The maximum Gasteiger partial charge on any atom is 0.487 e. The third-order valence-electron chi connectivity index (χ3n) is 4.26. The molecule has 1 aliphatic heterocycles. The van der Waals surface area contributed by atoms with Gasteiger partial charge in [0.25, 0.3) is 0 Å². The minimum atomic E-state index is -0.302. The zero-order chi connectivity index (χ0) is 14.4. The van der Waals surface area contributed by atoms with Crippen LogP contribution in [0.4, 0.5) is 0 Å². The summed E-state index contributed by atoms with van der Waals surface area (Å²) < 4.78 is 13.8. The summed E-state index contributed by atoms with van der Waals surface area (Å²) in [4.78, 5) is 0. The first-order valence-corrected chi connectivity index (χ1v) is 6.68. The number of rotatable bonds is 2. The van der Waals surface area contributed by atoms with E-state index in [0.717, 1.165) is 17.0 Å². The van der Waals surface area contributed by atoms with E-state index in [1.165, 1.54) is 0 Å². The molecule has 2 rings (SSSR count). The van der Waals surface area contributed by atoms with Crippen molar-refractivity contribution in [2.24, 2.45) is 7.05 Å². The third-order valence-corrected chi connectivity index (χ3v) is 4.26. The van der Waals surface area contributed by atoms with Gasteiger partial charge in [-0.15, -0.1) is 0 Å². The Morgan fingerprint density at radius 2 is 1.63 bits per heavy atom. The van der Waals surface area contributed by atoms with Crippen LogP contribution in [-0.4, -0.2) is 28.1 Å². The van der Waals surface area contributed by atoms with Gasteiger partial charge in [-0.2, -0.15) is 5.10 Å². The molecule has 2 heterocycles. The first kappa shape index (κ1) is 14.3. The summed E-state index contributed by atoms with van der Waals surface area (Å²) in [6, 6.07) is 0. The molecule has 19 heavy (non-hydrogen) atoms. The highest BCUT2D eigenvalue weighted by molar-refractivity contribution is 6.52. The third kappa shape index (κ3) is 2.49. The highest BCUT2D eigenvalue weighted by Gasteiger charge is 2.50. The van der Waals surface area contributed by atoms with E-state index in [1.54, 1.807) is 0 Å². The lowest BCUT2D eigenvalue weighted by Gasteiger charge is -2.32. The Bertz CT molecular complexity index is 502. The Balaban J connectivity index is 2.17. The van der Waals surface area contributed by atoms with E-state index in [1.807, 2.05) is 30.7 Å². The van der Waals surface area contributed by atoms with Crippen molar-refractivity contribution < 1.29 is 9.31 Å². The van der Waals surface area contributed by atoms with Crippen LogP contribution in [-0.2, 0) is 16.4 Å². The normalized spacial score (nSPS) is 21.5. The van der Waals surface area contributed by atoms with Gasteiger partial charge in [0.05, 0.1) is 16.9 Å². The maximum atomic E-state index is 5.94. The molecule has 1 saturated heterocycles. The number of aryl methyl sites for hydroxylation is 2. The molecule has 0 spiro atoms. The van der Waals surface area contributed by atoms with Crippen molar-refractivity contribution in [3.05, 3.63) is 22.9 Å². The van der Waals surface area contributed by atoms with Gasteiger partial charge >= 0.3 is 7.12 Å². The van der Waals surface area contributed by atoms with Crippen LogP contribution < -0.4 is 0 Å². The van der Waals surface area contributed by atoms with Gasteiger partial charge in [-0.1, -0.05) is 12.1 Å². The molecule has 5 heteroatoms. The van der Waals surface area contributed by atoms with Gasteiger partial charge in [0.1, 0.15) is 0 Å². The minimum Gasteiger partial charge on any atom is -0.400 e. The second kappa shape index (κ2) is 4.49. The van der Waals surface area contributed by atoms with E-state index in [0.29, 0.717) is 0 Å². The monoisotopic (exact) mass is 262 g/mol. The Labute approximate surface area is 115 Å². The van der Waals surface area contributed by atoms with E-state index >= 15 is 0 Å². The van der Waals surface area contributed by atoms with Gasteiger partial charge in [0.15, 0.2) is 0 Å². The van der Waals surface area contributed by atoms with Gasteiger partial charge in [-0.25, -0.2) is 0 Å². The molecule has 104 valence electrons. The fourth-order valence-electron chi connectivity index (χ4n) is 2.17. The molecule has 1 aliphatic rings. The molecular formula is C14H23BN2O2. The molecule has 0 unspecified atom stereocenters. The van der Waals surface area contributed by atoms with Crippen LogP contribution in [0.5, 0.6) is 0 Å². The number of aromatic nitrogens is 2. The Kier molecular flexibility index (Phi) is 3.39. The topological polar surface area (TPSA) is 36.3 Å². The van der Waals surface area contributed by atoms with Crippen LogP contribution in [0.3, 0.4) is 0 Å². The van der Waals surface area contributed by atoms with Crippen LogP contribution in [0.1, 0.15) is 44.6 Å². The largest absolute Gasteiger partial charge is 0.487 e. The highest BCUT2D eigenvalue weighted by Crippen LogP contribution is 2.37. The van der Waals surface area contributed by atoms with Gasteiger partial charge in [0, 0.05) is 18.3 Å². The molecule has 0 amide bonds. The van der Waals surface area contributed by atoms with Crippen molar-refractivity contribution in [1.82, 2.24) is 9.78 Å². The lowest BCUT2D eigenvalue weighted by atomic mass is 9.89. The zero-order valence-electron chi connectivity index (χ0n) is 12.9. The van der Waals surface area contributed by atoms with E-state index in [-0.39, 0.29) is 18.3 Å². The van der Waals surface area contributed by atoms with Crippen LogP contribution >= 0.6 is 0 Å². The fourth-order valence-corrected chi connectivity index (χ4v) is 2.17. The van der Waals surface area contributed by atoms with E-state index in [9.17, 15) is 0 Å². The lowest BCUT2D eigenvalue weighted by molar-refractivity contribution is 0.00578. The minimum absolute atomic E-state index is 0.291. The van der Waals surface area contributed by atoms with Gasteiger partial charge in [-0.3, -0.25) is 4.68 Å². The van der Waals surface area contributed by atoms with E-state index in [2.05, 4.69) is 39.7 Å². The standard InChI is InChI=1S/C14H23BN2O2/c1-10-12(11(2)17(7)16-10)8-9-15-18-13(3,4)14(5,6)19-15/h8-9H,1-7H3/b9-8+. The molecule has 0 radical (unpaired) electrons. The molecule has 1 fully saturated rings. The van der Waals surface area contributed by atoms with Gasteiger partial charge in [0.2, 0.25) is 0 Å². The van der Waals surface area contributed by atoms with Crippen LogP contribution in [0.2, 0.25) is 0 Å². The second-order valence-corrected chi connectivity index (χ2v) is 6.19. The summed E-state index contributed by atoms with van der Waals surface area (Å²) in [6.07, 6.45) is 2.04. The summed E-state index contributed by atoms with van der Waals surface area (Å²) in [5.41, 5.74) is 2.72. The number of nitrogens with zero attached hydrogens (tertiary/aromatic N) is 2. The second-order valence-electron chi connectivity index (χ2n) is 6.19. The highest BCUT2D eigenvalue weighted by atomic mass is 16.7. The first-order chi connectivity index (χ1) is 8.64. The van der Waals surface area contributed by atoms with Crippen molar-refractivity contribution in [3.63, 3.8) is 0 Å². The van der Waals surface area contributed by atoms with Crippen molar-refractivity contribution in [3.8, 4) is 0 Å². The molecule has 0 atom stereocenters. The Hall–Kier alpha value is -1.07. The van der Waals surface area contributed by atoms with Crippen molar-refractivity contribution in [2.75, 3.05) is 0 Å². The number of hydrogen-bond acceptors (Lipinski definition) is 3. The summed E-state index contributed by atoms with van der Waals surface area (Å²) >= 11 is 0. The molecule has 4 nitrogen and oxygen atoms in total. The first-order valence-electron chi connectivity index (χ1n) is 6.68. The van der Waals surface area contributed by atoms with E-state index < -0.39 is 0 Å².